The average molecular weight is 250 g/mol. The van der Waals surface area contributed by atoms with Crippen molar-refractivity contribution in [1.82, 2.24) is 15.0 Å². The molecule has 0 fully saturated rings. The van der Waals surface area contributed by atoms with Crippen molar-refractivity contribution in [3.63, 3.8) is 0 Å². The van der Waals surface area contributed by atoms with E-state index in [4.69, 9.17) is 0 Å². The standard InChI is InChI=1S/C10H10N4O2S/c1-7-3-4-9-8(5-7)14-10(6-11-12-14)13(2)17(9,15)16/h3-6H,1-2H3. The molecule has 0 aliphatic carbocycles. The molecule has 6 nitrogen and oxygen atoms in total. The van der Waals surface area contributed by atoms with Crippen molar-refractivity contribution in [3.8, 4) is 5.69 Å². The molecule has 0 spiro atoms. The Morgan fingerprint density at radius 2 is 2.06 bits per heavy atom. The number of fused-ring (bicyclic) bond motifs is 3. The molecule has 88 valence electrons. The largest absolute Gasteiger partial charge is 0.267 e. The second kappa shape index (κ2) is 3.07. The molecule has 3 rings (SSSR count). The van der Waals surface area contributed by atoms with Crippen LogP contribution in [0, 0.1) is 6.92 Å². The van der Waals surface area contributed by atoms with Crippen LogP contribution in [0.4, 0.5) is 5.82 Å². The number of anilines is 1. The first-order chi connectivity index (χ1) is 8.01. The maximum atomic E-state index is 12.2. The van der Waals surface area contributed by atoms with Gasteiger partial charge in [-0.25, -0.2) is 8.42 Å². The summed E-state index contributed by atoms with van der Waals surface area (Å²) in [7, 11) is -1.99. The SMILES string of the molecule is Cc1ccc2c(c1)-n1nncc1N(C)S2(=O)=O. The minimum absolute atomic E-state index is 0.253. The van der Waals surface area contributed by atoms with Crippen LogP contribution in [-0.4, -0.2) is 30.5 Å². The molecule has 0 unspecified atom stereocenters. The number of aromatic nitrogens is 3. The first kappa shape index (κ1) is 10.3. The smallest absolute Gasteiger partial charge is 0.251 e. The topological polar surface area (TPSA) is 68.1 Å². The van der Waals surface area contributed by atoms with Crippen molar-refractivity contribution >= 4 is 15.8 Å². The zero-order valence-corrected chi connectivity index (χ0v) is 10.1. The molecule has 0 saturated heterocycles. The first-order valence-electron chi connectivity index (χ1n) is 5.02. The van der Waals surface area contributed by atoms with Crippen molar-refractivity contribution in [2.24, 2.45) is 0 Å². The second-order valence-corrected chi connectivity index (χ2v) is 5.89. The third kappa shape index (κ3) is 1.22. The maximum Gasteiger partial charge on any atom is 0.267 e. The Bertz CT molecular complexity index is 705. The second-order valence-electron chi connectivity index (χ2n) is 3.95. The van der Waals surface area contributed by atoms with E-state index in [0.717, 1.165) is 5.56 Å². The molecule has 7 heteroatoms. The van der Waals surface area contributed by atoms with Crippen molar-refractivity contribution in [2.75, 3.05) is 11.4 Å². The van der Waals surface area contributed by atoms with Gasteiger partial charge in [0.15, 0.2) is 5.82 Å². The lowest BCUT2D eigenvalue weighted by atomic mass is 10.2. The summed E-state index contributed by atoms with van der Waals surface area (Å²) >= 11 is 0. The molecule has 1 aromatic heterocycles. The number of nitrogens with zero attached hydrogens (tertiary/aromatic N) is 4. The van der Waals surface area contributed by atoms with Gasteiger partial charge in [0.25, 0.3) is 10.0 Å². The highest BCUT2D eigenvalue weighted by molar-refractivity contribution is 7.93. The highest BCUT2D eigenvalue weighted by Crippen LogP contribution is 2.33. The lowest BCUT2D eigenvalue weighted by molar-refractivity contribution is 0.588. The molecular weight excluding hydrogens is 240 g/mol. The lowest BCUT2D eigenvalue weighted by Gasteiger charge is -2.26. The summed E-state index contributed by atoms with van der Waals surface area (Å²) in [6, 6.07) is 5.16. The molecule has 0 bridgehead atoms. The van der Waals surface area contributed by atoms with Crippen molar-refractivity contribution in [2.45, 2.75) is 11.8 Å². The Labute approximate surface area is 98.5 Å². The fraction of sp³-hybridized carbons (Fsp3) is 0.200. The van der Waals surface area contributed by atoms with E-state index in [1.54, 1.807) is 18.2 Å². The highest BCUT2D eigenvalue weighted by atomic mass is 32.2. The molecule has 1 aliphatic heterocycles. The highest BCUT2D eigenvalue weighted by Gasteiger charge is 2.33. The average Bonchev–Trinajstić information content (AvgIpc) is 2.75. The number of sulfonamides is 1. The van der Waals surface area contributed by atoms with Gasteiger partial charge in [0.1, 0.15) is 4.90 Å². The van der Waals surface area contributed by atoms with E-state index in [1.165, 1.54) is 22.2 Å². The first-order valence-corrected chi connectivity index (χ1v) is 6.46. The summed E-state index contributed by atoms with van der Waals surface area (Å²) in [6.45, 7) is 1.90. The van der Waals surface area contributed by atoms with Crippen molar-refractivity contribution < 1.29 is 8.42 Å². The molecule has 17 heavy (non-hydrogen) atoms. The molecule has 0 amide bonds. The zero-order chi connectivity index (χ0) is 12.2. The number of aryl methyl sites for hydroxylation is 1. The Morgan fingerprint density at radius 3 is 2.82 bits per heavy atom. The van der Waals surface area contributed by atoms with Crippen LogP contribution in [0.15, 0.2) is 29.3 Å². The monoisotopic (exact) mass is 250 g/mol. The predicted molar refractivity (Wildman–Crippen MR) is 61.7 cm³/mol. The van der Waals surface area contributed by atoms with E-state index in [-0.39, 0.29) is 4.90 Å². The van der Waals surface area contributed by atoms with Crippen LogP contribution >= 0.6 is 0 Å². The maximum absolute atomic E-state index is 12.2. The van der Waals surface area contributed by atoms with Crippen LogP contribution in [0.2, 0.25) is 0 Å². The minimum Gasteiger partial charge on any atom is -0.251 e. The van der Waals surface area contributed by atoms with Gasteiger partial charge < -0.3 is 0 Å². The summed E-state index contributed by atoms with van der Waals surface area (Å²) in [5.74, 6) is 0.447. The third-order valence-corrected chi connectivity index (χ3v) is 4.64. The molecule has 0 atom stereocenters. The van der Waals surface area contributed by atoms with Gasteiger partial charge >= 0.3 is 0 Å². The van der Waals surface area contributed by atoms with Gasteiger partial charge in [-0.2, -0.15) is 4.68 Å². The van der Waals surface area contributed by atoms with Gasteiger partial charge in [-0.3, -0.25) is 4.31 Å². The molecule has 2 heterocycles. The zero-order valence-electron chi connectivity index (χ0n) is 9.32. The van der Waals surface area contributed by atoms with Gasteiger partial charge in [0, 0.05) is 7.05 Å². The van der Waals surface area contributed by atoms with Gasteiger partial charge in [0.2, 0.25) is 0 Å². The fourth-order valence-electron chi connectivity index (χ4n) is 1.90. The third-order valence-electron chi connectivity index (χ3n) is 2.83. The van der Waals surface area contributed by atoms with E-state index in [2.05, 4.69) is 10.3 Å². The fourth-order valence-corrected chi connectivity index (χ4v) is 3.21. The van der Waals surface area contributed by atoms with E-state index >= 15 is 0 Å². The van der Waals surface area contributed by atoms with Crippen molar-refractivity contribution in [3.05, 3.63) is 30.0 Å². The van der Waals surface area contributed by atoms with Crippen molar-refractivity contribution in [1.29, 1.82) is 0 Å². The molecular formula is C10H10N4O2S. The summed E-state index contributed by atoms with van der Waals surface area (Å²) in [5, 5.41) is 7.67. The molecule has 0 saturated carbocycles. The van der Waals surface area contributed by atoms with Crippen LogP contribution in [0.1, 0.15) is 5.56 Å². The van der Waals surface area contributed by atoms with Gasteiger partial charge in [0.05, 0.1) is 11.9 Å². The summed E-state index contributed by atoms with van der Waals surface area (Å²) in [4.78, 5) is 0.253. The molecule has 0 N–H and O–H groups in total. The van der Waals surface area contributed by atoms with E-state index in [0.29, 0.717) is 11.5 Å². The number of benzene rings is 1. The Morgan fingerprint density at radius 1 is 1.29 bits per heavy atom. The van der Waals surface area contributed by atoms with E-state index in [9.17, 15) is 8.42 Å². The van der Waals surface area contributed by atoms with Gasteiger partial charge in [-0.15, -0.1) is 5.10 Å². The van der Waals surface area contributed by atoms with Crippen LogP contribution < -0.4 is 4.31 Å². The van der Waals surface area contributed by atoms with Crippen LogP contribution in [-0.2, 0) is 10.0 Å². The summed E-state index contributed by atoms with van der Waals surface area (Å²) in [5.41, 5.74) is 1.53. The summed E-state index contributed by atoms with van der Waals surface area (Å²) in [6.07, 6.45) is 1.43. The lowest BCUT2D eigenvalue weighted by Crippen LogP contribution is -2.33. The van der Waals surface area contributed by atoms with Crippen LogP contribution in [0.3, 0.4) is 0 Å². The van der Waals surface area contributed by atoms with Crippen LogP contribution in [0.25, 0.3) is 5.69 Å². The summed E-state index contributed by atoms with van der Waals surface area (Å²) < 4.78 is 27.2. The van der Waals surface area contributed by atoms with E-state index in [1.807, 2.05) is 6.92 Å². The van der Waals surface area contributed by atoms with Gasteiger partial charge in [-0.1, -0.05) is 11.3 Å². The molecule has 1 aromatic carbocycles. The normalized spacial score (nSPS) is 16.5. The number of hydrogen-bond donors (Lipinski definition) is 0. The molecule has 1 aliphatic rings. The Balaban J connectivity index is 2.45. The minimum atomic E-state index is -3.49. The number of rotatable bonds is 0. The molecule has 2 aromatic rings. The number of hydrogen-bond acceptors (Lipinski definition) is 4. The predicted octanol–water partition coefficient (Wildman–Crippen LogP) is 0.714. The van der Waals surface area contributed by atoms with Gasteiger partial charge in [-0.05, 0) is 24.6 Å². The Kier molecular flexibility index (Phi) is 1.86. The quantitative estimate of drug-likeness (QED) is 0.690. The van der Waals surface area contributed by atoms with E-state index < -0.39 is 10.0 Å². The Hall–Kier alpha value is -1.89. The van der Waals surface area contributed by atoms with Crippen LogP contribution in [0.5, 0.6) is 0 Å². The molecule has 0 radical (unpaired) electrons.